The molecule has 2 atom stereocenters. The van der Waals surface area contributed by atoms with E-state index in [1.807, 2.05) is 7.05 Å². The molecule has 0 saturated carbocycles. The number of nitrogens with one attached hydrogen (secondary N) is 1. The number of ether oxygens (including phenoxy) is 1. The minimum Gasteiger partial charge on any atom is -0.496 e. The van der Waals surface area contributed by atoms with Gasteiger partial charge < -0.3 is 15.0 Å². The van der Waals surface area contributed by atoms with E-state index in [9.17, 15) is 9.18 Å². The monoisotopic (exact) mass is 280 g/mol. The minimum atomic E-state index is -0.530. The molecule has 0 radical (unpaired) electrons. The molecule has 1 aromatic carbocycles. The van der Waals surface area contributed by atoms with Gasteiger partial charge in [0.15, 0.2) is 0 Å². The average Bonchev–Trinajstić information content (AvgIpc) is 2.46. The quantitative estimate of drug-likeness (QED) is 0.919. The number of benzene rings is 1. The molecule has 0 aliphatic carbocycles. The van der Waals surface area contributed by atoms with Crippen LogP contribution in [0.1, 0.15) is 23.7 Å². The molecule has 1 aliphatic rings. The van der Waals surface area contributed by atoms with Crippen molar-refractivity contribution in [2.45, 2.75) is 19.4 Å². The molecule has 1 heterocycles. The maximum Gasteiger partial charge on any atom is 0.260 e. The second kappa shape index (κ2) is 6.22. The molecule has 1 fully saturated rings. The lowest BCUT2D eigenvalue weighted by Crippen LogP contribution is -2.49. The molecular formula is C15H21FN2O2. The largest absolute Gasteiger partial charge is 0.496 e. The fourth-order valence-corrected chi connectivity index (χ4v) is 2.80. The molecule has 1 saturated heterocycles. The van der Waals surface area contributed by atoms with E-state index in [2.05, 4.69) is 12.2 Å². The Bertz CT molecular complexity index is 493. The fraction of sp³-hybridized carbons (Fsp3) is 0.533. The van der Waals surface area contributed by atoms with Crippen LogP contribution in [0.15, 0.2) is 18.2 Å². The van der Waals surface area contributed by atoms with Crippen molar-refractivity contribution in [2.75, 3.05) is 27.2 Å². The van der Waals surface area contributed by atoms with Gasteiger partial charge in [-0.15, -0.1) is 0 Å². The summed E-state index contributed by atoms with van der Waals surface area (Å²) < 4.78 is 19.1. The summed E-state index contributed by atoms with van der Waals surface area (Å²) in [5.74, 6) is -0.187. The fourth-order valence-electron chi connectivity index (χ4n) is 2.80. The van der Waals surface area contributed by atoms with Gasteiger partial charge in [0.1, 0.15) is 17.1 Å². The van der Waals surface area contributed by atoms with Crippen LogP contribution in [0.4, 0.5) is 4.39 Å². The van der Waals surface area contributed by atoms with Gasteiger partial charge in [-0.2, -0.15) is 0 Å². The van der Waals surface area contributed by atoms with Crippen LogP contribution < -0.4 is 10.1 Å². The van der Waals surface area contributed by atoms with Crippen molar-refractivity contribution in [3.8, 4) is 5.75 Å². The molecule has 1 aliphatic heterocycles. The number of rotatable bonds is 3. The molecule has 0 bridgehead atoms. The van der Waals surface area contributed by atoms with Crippen LogP contribution in [0.5, 0.6) is 5.75 Å². The van der Waals surface area contributed by atoms with Crippen LogP contribution >= 0.6 is 0 Å². The molecule has 1 amide bonds. The highest BCUT2D eigenvalue weighted by atomic mass is 19.1. The Morgan fingerprint density at radius 2 is 2.25 bits per heavy atom. The molecule has 2 rings (SSSR count). The van der Waals surface area contributed by atoms with Crippen LogP contribution in [0.25, 0.3) is 0 Å². The van der Waals surface area contributed by atoms with Crippen molar-refractivity contribution >= 4 is 5.91 Å². The Morgan fingerprint density at radius 1 is 1.50 bits per heavy atom. The summed E-state index contributed by atoms with van der Waals surface area (Å²) in [4.78, 5) is 14.2. The van der Waals surface area contributed by atoms with E-state index in [1.165, 1.54) is 13.2 Å². The van der Waals surface area contributed by atoms with Crippen LogP contribution in [-0.2, 0) is 0 Å². The van der Waals surface area contributed by atoms with Gasteiger partial charge in [-0.05, 0) is 31.5 Å². The molecule has 5 heteroatoms. The molecule has 4 nitrogen and oxygen atoms in total. The summed E-state index contributed by atoms with van der Waals surface area (Å²) in [5.41, 5.74) is 0.0325. The minimum absolute atomic E-state index is 0.0325. The van der Waals surface area contributed by atoms with Crippen molar-refractivity contribution in [2.24, 2.45) is 5.92 Å². The van der Waals surface area contributed by atoms with Crippen LogP contribution in [0, 0.1) is 11.7 Å². The van der Waals surface area contributed by atoms with Gasteiger partial charge in [0.05, 0.1) is 7.11 Å². The zero-order valence-electron chi connectivity index (χ0n) is 12.1. The first-order valence-electron chi connectivity index (χ1n) is 6.87. The van der Waals surface area contributed by atoms with E-state index in [0.29, 0.717) is 30.8 Å². The van der Waals surface area contributed by atoms with Crippen molar-refractivity contribution in [1.29, 1.82) is 0 Å². The van der Waals surface area contributed by atoms with E-state index in [0.717, 1.165) is 6.42 Å². The van der Waals surface area contributed by atoms with Crippen LogP contribution in [0.2, 0.25) is 0 Å². The first-order valence-corrected chi connectivity index (χ1v) is 6.87. The highest BCUT2D eigenvalue weighted by molar-refractivity contribution is 5.97. The van der Waals surface area contributed by atoms with Crippen molar-refractivity contribution in [1.82, 2.24) is 10.2 Å². The predicted octanol–water partition coefficient (Wildman–Crippen LogP) is 1.90. The summed E-state index contributed by atoms with van der Waals surface area (Å²) in [6, 6.07) is 4.85. The van der Waals surface area contributed by atoms with E-state index >= 15 is 0 Å². The normalized spacial score (nSPS) is 22.7. The Morgan fingerprint density at radius 3 is 2.85 bits per heavy atom. The average molecular weight is 280 g/mol. The summed E-state index contributed by atoms with van der Waals surface area (Å²) in [5, 5.41) is 3.25. The third-order valence-corrected chi connectivity index (χ3v) is 3.97. The first-order chi connectivity index (χ1) is 9.58. The molecule has 1 N–H and O–H groups in total. The summed E-state index contributed by atoms with van der Waals surface area (Å²) in [6.45, 7) is 3.35. The molecule has 0 aromatic heterocycles. The highest BCUT2D eigenvalue weighted by Crippen LogP contribution is 2.25. The van der Waals surface area contributed by atoms with Gasteiger partial charge in [0, 0.05) is 19.1 Å². The van der Waals surface area contributed by atoms with Crippen LogP contribution in [-0.4, -0.2) is 44.1 Å². The number of carbonyl (C=O) groups is 1. The number of piperidine rings is 1. The zero-order valence-corrected chi connectivity index (χ0v) is 12.1. The Hall–Kier alpha value is -1.62. The number of halogens is 1. The third-order valence-electron chi connectivity index (χ3n) is 3.97. The number of carbonyl (C=O) groups excluding carboxylic acids is 1. The number of amides is 1. The Labute approximate surface area is 118 Å². The highest BCUT2D eigenvalue weighted by Gasteiger charge is 2.30. The van der Waals surface area contributed by atoms with Gasteiger partial charge in [0.25, 0.3) is 5.91 Å². The SMILES string of the molecule is CNC1CCN(C(=O)c2c(F)cccc2OC)CC1C. The smallest absolute Gasteiger partial charge is 0.260 e. The van der Waals surface area contributed by atoms with Crippen molar-refractivity contribution in [3.05, 3.63) is 29.6 Å². The Kier molecular flexibility index (Phi) is 4.60. The maximum atomic E-state index is 13.9. The van der Waals surface area contributed by atoms with E-state index in [4.69, 9.17) is 4.74 Å². The van der Waals surface area contributed by atoms with Crippen molar-refractivity contribution < 1.29 is 13.9 Å². The molecule has 110 valence electrons. The van der Waals surface area contributed by atoms with Crippen molar-refractivity contribution in [3.63, 3.8) is 0 Å². The first kappa shape index (κ1) is 14.8. The number of hydrogen-bond donors (Lipinski definition) is 1. The predicted molar refractivity (Wildman–Crippen MR) is 75.5 cm³/mol. The number of methoxy groups -OCH3 is 1. The van der Waals surface area contributed by atoms with Gasteiger partial charge in [0.2, 0.25) is 0 Å². The van der Waals surface area contributed by atoms with Gasteiger partial charge >= 0.3 is 0 Å². The number of nitrogens with zero attached hydrogens (tertiary/aromatic N) is 1. The number of hydrogen-bond acceptors (Lipinski definition) is 3. The van der Waals surface area contributed by atoms with Gasteiger partial charge in [-0.3, -0.25) is 4.79 Å². The third kappa shape index (κ3) is 2.77. The Balaban J connectivity index is 2.21. The lowest BCUT2D eigenvalue weighted by Gasteiger charge is -2.37. The second-order valence-corrected chi connectivity index (χ2v) is 5.23. The lowest BCUT2D eigenvalue weighted by atomic mass is 9.93. The van der Waals surface area contributed by atoms with Gasteiger partial charge in [-0.25, -0.2) is 4.39 Å². The van der Waals surface area contributed by atoms with E-state index in [-0.39, 0.29) is 11.5 Å². The molecule has 1 aromatic rings. The van der Waals surface area contributed by atoms with Crippen LogP contribution in [0.3, 0.4) is 0 Å². The summed E-state index contributed by atoms with van der Waals surface area (Å²) >= 11 is 0. The number of likely N-dealkylation sites (tertiary alicyclic amines) is 1. The summed E-state index contributed by atoms with van der Waals surface area (Å²) in [6.07, 6.45) is 0.875. The molecule has 20 heavy (non-hydrogen) atoms. The van der Waals surface area contributed by atoms with E-state index in [1.54, 1.807) is 17.0 Å². The second-order valence-electron chi connectivity index (χ2n) is 5.23. The van der Waals surface area contributed by atoms with E-state index < -0.39 is 5.82 Å². The topological polar surface area (TPSA) is 41.6 Å². The lowest BCUT2D eigenvalue weighted by molar-refractivity contribution is 0.0641. The molecular weight excluding hydrogens is 259 g/mol. The zero-order chi connectivity index (χ0) is 14.7. The van der Waals surface area contributed by atoms with Gasteiger partial charge in [-0.1, -0.05) is 13.0 Å². The maximum absolute atomic E-state index is 13.9. The molecule has 2 unspecified atom stereocenters. The standard InChI is InChI=1S/C15H21FN2O2/c1-10-9-18(8-7-12(10)17-2)15(19)14-11(16)5-4-6-13(14)20-3/h4-6,10,12,17H,7-9H2,1-3H3. The summed E-state index contributed by atoms with van der Waals surface area (Å²) in [7, 11) is 3.37. The molecule has 0 spiro atoms.